The maximum Gasteiger partial charge on any atom is 0.266 e. The van der Waals surface area contributed by atoms with Crippen molar-refractivity contribution in [2.45, 2.75) is 36.5 Å². The van der Waals surface area contributed by atoms with E-state index in [4.69, 9.17) is 22.3 Å². The van der Waals surface area contributed by atoms with Gasteiger partial charge in [0.05, 0.1) is 5.69 Å². The molecule has 2 rings (SSSR count). The van der Waals surface area contributed by atoms with Gasteiger partial charge in [-0.25, -0.2) is 8.42 Å². The van der Waals surface area contributed by atoms with Gasteiger partial charge in [0.2, 0.25) is 0 Å². The fourth-order valence-corrected chi connectivity index (χ4v) is 4.00. The average Bonchev–Trinajstić information content (AvgIpc) is 2.73. The van der Waals surface area contributed by atoms with Gasteiger partial charge in [-0.15, -0.1) is 0 Å². The molecule has 1 aromatic rings. The highest BCUT2D eigenvalue weighted by Gasteiger charge is 2.31. The highest BCUT2D eigenvalue weighted by molar-refractivity contribution is 8.13. The van der Waals surface area contributed by atoms with Gasteiger partial charge >= 0.3 is 0 Å². The third-order valence-electron chi connectivity index (χ3n) is 2.95. The Hall–Kier alpha value is -0.260. The van der Waals surface area contributed by atoms with E-state index in [1.165, 1.54) is 4.68 Å². The minimum atomic E-state index is -3.82. The molecular weight excluding hydrogens is 271 g/mol. The van der Waals surface area contributed by atoms with Crippen molar-refractivity contribution in [2.75, 3.05) is 0 Å². The molecule has 0 radical (unpaired) electrons. The Morgan fingerprint density at radius 2 is 1.94 bits per heavy atom. The molecule has 0 bridgehead atoms. The van der Waals surface area contributed by atoms with E-state index in [0.29, 0.717) is 5.69 Å². The zero-order valence-electron chi connectivity index (χ0n) is 8.78. The third-order valence-corrected chi connectivity index (χ3v) is 4.85. The summed E-state index contributed by atoms with van der Waals surface area (Å²) in [5.74, 6) is 0.169. The Balaban J connectivity index is 2.56. The van der Waals surface area contributed by atoms with Crippen LogP contribution in [0.25, 0.3) is 0 Å². The lowest BCUT2D eigenvalue weighted by Gasteiger charge is -2.06. The number of hydrogen-bond donors (Lipinski definition) is 0. The second-order valence-electron chi connectivity index (χ2n) is 4.05. The molecule has 1 aromatic heterocycles. The van der Waals surface area contributed by atoms with Crippen LogP contribution in [0.5, 0.6) is 0 Å². The van der Waals surface area contributed by atoms with E-state index in [9.17, 15) is 8.42 Å². The van der Waals surface area contributed by atoms with Crippen LogP contribution in [-0.4, -0.2) is 18.2 Å². The molecule has 0 unspecified atom stereocenters. The summed E-state index contributed by atoms with van der Waals surface area (Å²) in [6.07, 6.45) is 4.10. The SMILES string of the molecule is Cn1nc(C2CCCC2)c(S(=O)(=O)Cl)c1Cl. The van der Waals surface area contributed by atoms with E-state index in [1.807, 2.05) is 0 Å². The molecule has 7 heteroatoms. The molecule has 0 amide bonds. The first-order valence-corrected chi connectivity index (χ1v) is 7.77. The minimum Gasteiger partial charge on any atom is -0.255 e. The zero-order valence-corrected chi connectivity index (χ0v) is 11.1. The molecule has 0 aromatic carbocycles. The van der Waals surface area contributed by atoms with Crippen molar-refractivity contribution in [3.05, 3.63) is 10.8 Å². The lowest BCUT2D eigenvalue weighted by atomic mass is 10.1. The van der Waals surface area contributed by atoms with Crippen molar-refractivity contribution in [3.63, 3.8) is 0 Å². The first-order chi connectivity index (χ1) is 7.41. The van der Waals surface area contributed by atoms with E-state index in [1.54, 1.807) is 7.05 Å². The van der Waals surface area contributed by atoms with Crippen LogP contribution in [-0.2, 0) is 16.1 Å². The largest absolute Gasteiger partial charge is 0.266 e. The fraction of sp³-hybridized carbons (Fsp3) is 0.667. The van der Waals surface area contributed by atoms with E-state index in [-0.39, 0.29) is 16.0 Å². The van der Waals surface area contributed by atoms with Gasteiger partial charge in [0.15, 0.2) is 0 Å². The molecule has 1 fully saturated rings. The van der Waals surface area contributed by atoms with Gasteiger partial charge in [-0.1, -0.05) is 24.4 Å². The monoisotopic (exact) mass is 282 g/mol. The summed E-state index contributed by atoms with van der Waals surface area (Å²) in [4.78, 5) is -0.00904. The molecule has 90 valence electrons. The van der Waals surface area contributed by atoms with Crippen molar-refractivity contribution in [2.24, 2.45) is 7.05 Å². The number of nitrogens with zero attached hydrogens (tertiary/aromatic N) is 2. The summed E-state index contributed by atoms with van der Waals surface area (Å²) in [7, 11) is 3.19. The number of halogens is 2. The molecule has 0 spiro atoms. The number of aromatic nitrogens is 2. The molecule has 1 heterocycles. The van der Waals surface area contributed by atoms with Crippen molar-refractivity contribution >= 4 is 31.3 Å². The maximum absolute atomic E-state index is 11.5. The van der Waals surface area contributed by atoms with Gasteiger partial charge in [0.25, 0.3) is 9.05 Å². The van der Waals surface area contributed by atoms with Crippen LogP contribution in [0.2, 0.25) is 5.15 Å². The molecule has 0 atom stereocenters. The van der Waals surface area contributed by atoms with Gasteiger partial charge in [0.1, 0.15) is 10.0 Å². The number of rotatable bonds is 2. The normalized spacial score (nSPS) is 18.2. The summed E-state index contributed by atoms with van der Waals surface area (Å²) in [6, 6.07) is 0. The minimum absolute atomic E-state index is 0.00904. The van der Waals surface area contributed by atoms with Gasteiger partial charge in [-0.3, -0.25) is 4.68 Å². The second-order valence-corrected chi connectivity index (χ2v) is 6.91. The van der Waals surface area contributed by atoms with Gasteiger partial charge in [-0.2, -0.15) is 5.10 Å². The van der Waals surface area contributed by atoms with E-state index >= 15 is 0 Å². The fourth-order valence-electron chi connectivity index (χ4n) is 2.20. The third kappa shape index (κ3) is 2.08. The Labute approximate surface area is 104 Å². The van der Waals surface area contributed by atoms with Crippen LogP contribution in [0.4, 0.5) is 0 Å². The van der Waals surface area contributed by atoms with Crippen LogP contribution in [0.3, 0.4) is 0 Å². The van der Waals surface area contributed by atoms with Crippen molar-refractivity contribution in [3.8, 4) is 0 Å². The number of aryl methyl sites for hydroxylation is 1. The van der Waals surface area contributed by atoms with Crippen molar-refractivity contribution in [1.29, 1.82) is 0 Å². The van der Waals surface area contributed by atoms with Crippen LogP contribution in [0, 0.1) is 0 Å². The summed E-state index contributed by atoms with van der Waals surface area (Å²) in [5.41, 5.74) is 0.528. The van der Waals surface area contributed by atoms with Crippen LogP contribution in [0.15, 0.2) is 4.90 Å². The summed E-state index contributed by atoms with van der Waals surface area (Å²) in [6.45, 7) is 0. The average molecular weight is 283 g/mol. The second kappa shape index (κ2) is 4.20. The first kappa shape index (κ1) is 12.2. The lowest BCUT2D eigenvalue weighted by molar-refractivity contribution is 0.604. The Kier molecular flexibility index (Phi) is 3.20. The number of hydrogen-bond acceptors (Lipinski definition) is 3. The Morgan fingerprint density at radius 1 is 1.38 bits per heavy atom. The highest BCUT2D eigenvalue weighted by Crippen LogP contribution is 2.39. The molecule has 0 aliphatic heterocycles. The molecule has 0 N–H and O–H groups in total. The van der Waals surface area contributed by atoms with E-state index in [2.05, 4.69) is 5.10 Å². The molecule has 1 saturated carbocycles. The quantitative estimate of drug-likeness (QED) is 0.784. The molecule has 0 saturated heterocycles. The zero-order chi connectivity index (χ0) is 11.9. The first-order valence-electron chi connectivity index (χ1n) is 5.08. The highest BCUT2D eigenvalue weighted by atomic mass is 35.7. The molecular formula is C9H12Cl2N2O2S. The smallest absolute Gasteiger partial charge is 0.255 e. The standard InChI is InChI=1S/C9H12Cl2N2O2S/c1-13-9(10)8(16(11,14)15)7(12-13)6-4-2-3-5-6/h6H,2-5H2,1H3. The maximum atomic E-state index is 11.5. The molecule has 1 aliphatic rings. The molecule has 1 aliphatic carbocycles. The molecule has 16 heavy (non-hydrogen) atoms. The van der Waals surface area contributed by atoms with Crippen LogP contribution in [0.1, 0.15) is 37.3 Å². The molecule has 4 nitrogen and oxygen atoms in total. The van der Waals surface area contributed by atoms with Crippen LogP contribution >= 0.6 is 22.3 Å². The summed E-state index contributed by atoms with van der Waals surface area (Å²) < 4.78 is 24.3. The van der Waals surface area contributed by atoms with Crippen molar-refractivity contribution in [1.82, 2.24) is 9.78 Å². The van der Waals surface area contributed by atoms with Crippen LogP contribution < -0.4 is 0 Å². The van der Waals surface area contributed by atoms with Gasteiger partial charge in [0, 0.05) is 23.6 Å². The van der Waals surface area contributed by atoms with E-state index < -0.39 is 9.05 Å². The summed E-state index contributed by atoms with van der Waals surface area (Å²) in [5, 5.41) is 4.27. The predicted octanol–water partition coefficient (Wildman–Crippen LogP) is 2.66. The van der Waals surface area contributed by atoms with Crippen molar-refractivity contribution < 1.29 is 8.42 Å². The summed E-state index contributed by atoms with van der Waals surface area (Å²) >= 11 is 5.91. The Bertz CT molecular complexity index is 504. The van der Waals surface area contributed by atoms with Gasteiger partial charge in [-0.05, 0) is 12.8 Å². The lowest BCUT2D eigenvalue weighted by Crippen LogP contribution is -2.00. The topological polar surface area (TPSA) is 52.0 Å². The predicted molar refractivity (Wildman–Crippen MR) is 62.5 cm³/mol. The Morgan fingerprint density at radius 3 is 2.44 bits per heavy atom. The van der Waals surface area contributed by atoms with Gasteiger partial charge < -0.3 is 0 Å². The van der Waals surface area contributed by atoms with E-state index in [0.717, 1.165) is 25.7 Å².